The molecule has 5 N–H and O–H groups in total. The van der Waals surface area contributed by atoms with Crippen LogP contribution in [0.5, 0.6) is 5.75 Å². The van der Waals surface area contributed by atoms with Crippen LogP contribution in [0.3, 0.4) is 0 Å². The zero-order valence-electron chi connectivity index (χ0n) is 17.5. The predicted octanol–water partition coefficient (Wildman–Crippen LogP) is -0.360. The van der Waals surface area contributed by atoms with Gasteiger partial charge in [0.2, 0.25) is 5.91 Å². The SMILES string of the molecule is CC(O)CCc1ccc(O)c2c1C[C@H]1C[C@H]3CC(=O)C(C(N)=O)C(=O)[C@@]3(O)C(=O)C1C2=O. The topological polar surface area (TPSA) is 172 Å². The summed E-state index contributed by atoms with van der Waals surface area (Å²) in [5.41, 5.74) is 3.86. The first kappa shape index (κ1) is 22.3. The van der Waals surface area contributed by atoms with Crippen molar-refractivity contribution in [2.24, 2.45) is 29.4 Å². The number of aryl methyl sites for hydroxylation is 1. The van der Waals surface area contributed by atoms with Crippen LogP contribution in [-0.2, 0) is 32.0 Å². The number of hydrogen-bond acceptors (Lipinski definition) is 8. The molecule has 0 saturated heterocycles. The van der Waals surface area contributed by atoms with E-state index in [1.165, 1.54) is 6.07 Å². The highest BCUT2D eigenvalue weighted by atomic mass is 16.3. The molecule has 3 aliphatic rings. The van der Waals surface area contributed by atoms with Gasteiger partial charge in [0.05, 0.1) is 17.6 Å². The van der Waals surface area contributed by atoms with Gasteiger partial charge < -0.3 is 21.1 Å². The lowest BCUT2D eigenvalue weighted by Crippen LogP contribution is -2.68. The molecule has 0 spiro atoms. The molecule has 4 rings (SSSR count). The first-order valence-corrected chi connectivity index (χ1v) is 10.7. The van der Waals surface area contributed by atoms with Gasteiger partial charge in [-0.25, -0.2) is 0 Å². The van der Waals surface area contributed by atoms with Crippen LogP contribution >= 0.6 is 0 Å². The smallest absolute Gasteiger partial charge is 0.235 e. The van der Waals surface area contributed by atoms with E-state index < -0.39 is 64.4 Å². The third kappa shape index (κ3) is 3.10. The van der Waals surface area contributed by atoms with Crippen molar-refractivity contribution < 1.29 is 39.3 Å². The molecule has 3 unspecified atom stereocenters. The summed E-state index contributed by atoms with van der Waals surface area (Å²) < 4.78 is 0. The van der Waals surface area contributed by atoms with E-state index in [0.717, 1.165) is 5.56 Å². The highest BCUT2D eigenvalue weighted by Gasteiger charge is 2.66. The number of aromatic hydroxyl groups is 1. The molecule has 2 fully saturated rings. The van der Waals surface area contributed by atoms with Crippen LogP contribution in [0.15, 0.2) is 12.1 Å². The van der Waals surface area contributed by atoms with Gasteiger partial charge in [0.15, 0.2) is 34.7 Å². The Hall–Kier alpha value is -2.91. The van der Waals surface area contributed by atoms with Crippen LogP contribution in [-0.4, -0.2) is 56.1 Å². The first-order valence-electron chi connectivity index (χ1n) is 10.7. The van der Waals surface area contributed by atoms with Gasteiger partial charge >= 0.3 is 0 Å². The zero-order chi connectivity index (χ0) is 23.5. The van der Waals surface area contributed by atoms with Crippen LogP contribution in [0.4, 0.5) is 0 Å². The summed E-state index contributed by atoms with van der Waals surface area (Å²) in [7, 11) is 0. The van der Waals surface area contributed by atoms with Gasteiger partial charge in [-0.1, -0.05) is 6.07 Å². The van der Waals surface area contributed by atoms with E-state index in [9.17, 15) is 39.3 Å². The number of Topliss-reactive ketones (excluding diaryl/α,β-unsaturated/α-hetero) is 4. The molecule has 1 aromatic carbocycles. The molecule has 2 saturated carbocycles. The minimum atomic E-state index is -2.64. The maximum atomic E-state index is 13.4. The lowest BCUT2D eigenvalue weighted by Gasteiger charge is -2.48. The summed E-state index contributed by atoms with van der Waals surface area (Å²) in [6.45, 7) is 1.64. The Morgan fingerprint density at radius 1 is 1.19 bits per heavy atom. The van der Waals surface area contributed by atoms with E-state index in [-0.39, 0.29) is 30.6 Å². The second-order valence-corrected chi connectivity index (χ2v) is 9.22. The fourth-order valence-corrected chi connectivity index (χ4v) is 5.63. The maximum absolute atomic E-state index is 13.4. The van der Waals surface area contributed by atoms with Crippen molar-refractivity contribution in [3.05, 3.63) is 28.8 Å². The third-order valence-corrected chi connectivity index (χ3v) is 7.21. The number of carbonyl (C=O) groups is 5. The number of primary amides is 1. The summed E-state index contributed by atoms with van der Waals surface area (Å²) in [4.78, 5) is 63.6. The van der Waals surface area contributed by atoms with Gasteiger partial charge in [-0.2, -0.15) is 0 Å². The van der Waals surface area contributed by atoms with Crippen molar-refractivity contribution in [3.63, 3.8) is 0 Å². The lowest BCUT2D eigenvalue weighted by molar-refractivity contribution is -0.175. The molecule has 170 valence electrons. The van der Waals surface area contributed by atoms with E-state index in [1.807, 2.05) is 0 Å². The van der Waals surface area contributed by atoms with E-state index >= 15 is 0 Å². The Morgan fingerprint density at radius 3 is 2.50 bits per heavy atom. The van der Waals surface area contributed by atoms with Crippen molar-refractivity contribution in [2.45, 2.75) is 50.7 Å². The summed E-state index contributed by atoms with van der Waals surface area (Å²) in [5, 5.41) is 31.2. The average Bonchev–Trinajstić information content (AvgIpc) is 2.69. The van der Waals surface area contributed by atoms with E-state index in [1.54, 1.807) is 13.0 Å². The lowest BCUT2D eigenvalue weighted by atomic mass is 9.53. The number of ketones is 4. The monoisotopic (exact) mass is 443 g/mol. The van der Waals surface area contributed by atoms with Gasteiger partial charge in [0.1, 0.15) is 5.75 Å². The van der Waals surface area contributed by atoms with Crippen molar-refractivity contribution in [3.8, 4) is 5.75 Å². The van der Waals surface area contributed by atoms with Crippen molar-refractivity contribution in [2.75, 3.05) is 0 Å². The second kappa shape index (κ2) is 7.60. The second-order valence-electron chi connectivity index (χ2n) is 9.22. The van der Waals surface area contributed by atoms with Crippen molar-refractivity contribution in [1.29, 1.82) is 0 Å². The first-order chi connectivity index (χ1) is 15.0. The van der Waals surface area contributed by atoms with E-state index in [2.05, 4.69) is 0 Å². The van der Waals surface area contributed by atoms with Gasteiger partial charge in [0, 0.05) is 12.3 Å². The van der Waals surface area contributed by atoms with Gasteiger partial charge in [-0.3, -0.25) is 24.0 Å². The summed E-state index contributed by atoms with van der Waals surface area (Å²) in [6, 6.07) is 3.03. The van der Waals surface area contributed by atoms with E-state index in [4.69, 9.17) is 5.73 Å². The number of amides is 1. The number of phenolic OH excluding ortho intramolecular Hbond substituents is 1. The molecule has 9 nitrogen and oxygen atoms in total. The number of hydrogen-bond donors (Lipinski definition) is 4. The molecule has 0 bridgehead atoms. The van der Waals surface area contributed by atoms with Crippen LogP contribution in [0.25, 0.3) is 0 Å². The molecule has 1 aromatic rings. The number of phenols is 1. The summed E-state index contributed by atoms with van der Waals surface area (Å²) >= 11 is 0. The summed E-state index contributed by atoms with van der Waals surface area (Å²) in [6.07, 6.45) is 0.292. The van der Waals surface area contributed by atoms with Crippen LogP contribution < -0.4 is 5.73 Å². The fraction of sp³-hybridized carbons (Fsp3) is 0.522. The Labute approximate surface area is 183 Å². The van der Waals surface area contributed by atoms with Gasteiger partial charge in [-0.05, 0) is 55.7 Å². The minimum absolute atomic E-state index is 0.0180. The Bertz CT molecular complexity index is 1060. The Kier molecular flexibility index (Phi) is 5.29. The highest BCUT2D eigenvalue weighted by Crippen LogP contribution is 2.50. The molecule has 0 aromatic heterocycles. The molecule has 0 radical (unpaired) electrons. The number of fused-ring (bicyclic) bond motifs is 3. The van der Waals surface area contributed by atoms with Crippen molar-refractivity contribution in [1.82, 2.24) is 0 Å². The summed E-state index contributed by atoms with van der Waals surface area (Å²) in [5.74, 6) is -10.1. The normalized spacial score (nSPS) is 32.7. The average molecular weight is 443 g/mol. The molecule has 1 amide bonds. The van der Waals surface area contributed by atoms with Gasteiger partial charge in [-0.15, -0.1) is 0 Å². The fourth-order valence-electron chi connectivity index (χ4n) is 5.63. The Morgan fingerprint density at radius 2 is 1.88 bits per heavy atom. The number of carbonyl (C=O) groups excluding carboxylic acids is 5. The molecule has 32 heavy (non-hydrogen) atoms. The van der Waals surface area contributed by atoms with Crippen molar-refractivity contribution >= 4 is 29.0 Å². The largest absolute Gasteiger partial charge is 0.507 e. The predicted molar refractivity (Wildman–Crippen MR) is 109 cm³/mol. The number of rotatable bonds is 4. The quantitative estimate of drug-likeness (QED) is 0.457. The molecular weight excluding hydrogens is 418 g/mol. The number of aliphatic hydroxyl groups excluding tert-OH is 1. The molecule has 3 aliphatic carbocycles. The van der Waals surface area contributed by atoms with E-state index in [0.29, 0.717) is 18.4 Å². The third-order valence-electron chi connectivity index (χ3n) is 7.21. The zero-order valence-corrected chi connectivity index (χ0v) is 17.5. The minimum Gasteiger partial charge on any atom is -0.507 e. The molecule has 9 heteroatoms. The number of aliphatic hydroxyl groups is 2. The number of nitrogens with two attached hydrogens (primary N) is 1. The van der Waals surface area contributed by atoms with Gasteiger partial charge in [0.25, 0.3) is 0 Å². The van der Waals surface area contributed by atoms with Crippen LogP contribution in [0.2, 0.25) is 0 Å². The molecular formula is C23H25NO8. The van der Waals surface area contributed by atoms with Crippen LogP contribution in [0.1, 0.15) is 47.7 Å². The highest BCUT2D eigenvalue weighted by molar-refractivity contribution is 6.31. The molecule has 0 heterocycles. The number of benzene rings is 1. The molecule has 0 aliphatic heterocycles. The maximum Gasteiger partial charge on any atom is 0.235 e. The standard InChI is InChI=1S/C23H25NO8/c1-9(25)2-3-10-4-5-14(26)17-13(10)7-11-6-12-8-15(27)18(22(24)31)21(30)23(12,32)20(29)16(11)19(17)28/h4-5,9,11-12,16,18,25-26,32H,2-3,6-8H2,1H3,(H2,24,31)/t9?,11-,12+,16?,18?,23+/m1/s1. The molecule has 6 atom stereocenters. The van der Waals surface area contributed by atoms with Crippen LogP contribution in [0, 0.1) is 23.7 Å². The Balaban J connectivity index is 1.76.